The number of anilines is 1. The zero-order chi connectivity index (χ0) is 17.6. The summed E-state index contributed by atoms with van der Waals surface area (Å²) >= 11 is 0. The van der Waals surface area contributed by atoms with Gasteiger partial charge >= 0.3 is 0 Å². The van der Waals surface area contributed by atoms with Crippen LogP contribution in [0.3, 0.4) is 0 Å². The molecule has 134 valence electrons. The number of rotatable bonds is 6. The number of nitrogens with one attached hydrogen (secondary N) is 1. The van der Waals surface area contributed by atoms with Crippen molar-refractivity contribution >= 4 is 5.82 Å². The Morgan fingerprint density at radius 1 is 1.12 bits per heavy atom. The van der Waals surface area contributed by atoms with E-state index in [0.29, 0.717) is 0 Å². The lowest BCUT2D eigenvalue weighted by Crippen LogP contribution is -2.44. The van der Waals surface area contributed by atoms with Gasteiger partial charge in [0.25, 0.3) is 0 Å². The number of hydrogen-bond donors (Lipinski definition) is 2. The third-order valence-corrected chi connectivity index (χ3v) is 4.88. The number of aliphatic hydroxyl groups excluding tert-OH is 1. The van der Waals surface area contributed by atoms with Crippen molar-refractivity contribution in [1.82, 2.24) is 15.2 Å². The minimum absolute atomic E-state index is 0.0826. The smallest absolute Gasteiger partial charge is 0.128 e. The minimum Gasteiger partial charge on any atom is -0.392 e. The summed E-state index contributed by atoms with van der Waals surface area (Å²) in [6, 6.07) is 12.6. The van der Waals surface area contributed by atoms with Crippen LogP contribution in [0.15, 0.2) is 42.6 Å². The maximum absolute atomic E-state index is 9.29. The molecule has 1 aromatic carbocycles. The first-order valence-electron chi connectivity index (χ1n) is 8.97. The van der Waals surface area contributed by atoms with Gasteiger partial charge in [-0.05, 0) is 42.8 Å². The lowest BCUT2D eigenvalue weighted by atomic mass is 10.1. The number of nitrogens with zero attached hydrogens (tertiary/aromatic N) is 3. The molecule has 2 aromatic rings. The maximum atomic E-state index is 9.29. The van der Waals surface area contributed by atoms with Crippen LogP contribution in [0.4, 0.5) is 5.82 Å². The van der Waals surface area contributed by atoms with Gasteiger partial charge in [-0.2, -0.15) is 0 Å². The van der Waals surface area contributed by atoms with E-state index in [0.717, 1.165) is 44.1 Å². The molecule has 2 N–H and O–H groups in total. The van der Waals surface area contributed by atoms with Gasteiger partial charge in [0, 0.05) is 45.0 Å². The number of aromatic nitrogens is 1. The quantitative estimate of drug-likeness (QED) is 0.844. The molecule has 1 saturated heterocycles. The lowest BCUT2D eigenvalue weighted by molar-refractivity contribution is 0.281. The predicted octanol–water partition coefficient (Wildman–Crippen LogP) is 2.18. The van der Waals surface area contributed by atoms with Crippen LogP contribution in [0.25, 0.3) is 0 Å². The van der Waals surface area contributed by atoms with E-state index in [9.17, 15) is 5.11 Å². The molecule has 2 heterocycles. The summed E-state index contributed by atoms with van der Waals surface area (Å²) in [6.07, 6.45) is 1.90. The zero-order valence-corrected chi connectivity index (χ0v) is 15.2. The Morgan fingerprint density at radius 3 is 2.68 bits per heavy atom. The molecule has 5 nitrogen and oxygen atoms in total. The molecule has 0 radical (unpaired) electrons. The van der Waals surface area contributed by atoms with E-state index in [2.05, 4.69) is 58.3 Å². The van der Waals surface area contributed by atoms with E-state index in [1.807, 2.05) is 18.3 Å². The van der Waals surface area contributed by atoms with Crippen molar-refractivity contribution in [2.24, 2.45) is 0 Å². The highest BCUT2D eigenvalue weighted by atomic mass is 16.3. The van der Waals surface area contributed by atoms with Gasteiger partial charge in [0.05, 0.1) is 6.61 Å². The van der Waals surface area contributed by atoms with Crippen LogP contribution in [-0.2, 0) is 13.2 Å². The molecule has 0 amide bonds. The third kappa shape index (κ3) is 4.78. The molecule has 1 aliphatic rings. The van der Waals surface area contributed by atoms with E-state index in [1.54, 1.807) is 0 Å². The molecule has 0 spiro atoms. The summed E-state index contributed by atoms with van der Waals surface area (Å²) in [5.74, 6) is 1.07. The molecule has 0 saturated carbocycles. The second kappa shape index (κ2) is 8.43. The summed E-state index contributed by atoms with van der Waals surface area (Å²) in [5.41, 5.74) is 3.39. The fraction of sp³-hybridized carbons (Fsp3) is 0.450. The molecule has 1 aliphatic heterocycles. The topological polar surface area (TPSA) is 51.6 Å². The summed E-state index contributed by atoms with van der Waals surface area (Å²) in [4.78, 5) is 9.26. The van der Waals surface area contributed by atoms with Crippen LogP contribution < -0.4 is 10.2 Å². The average Bonchev–Trinajstić information content (AvgIpc) is 2.67. The Hall–Kier alpha value is -1.95. The number of likely N-dealkylation sites (N-methyl/N-ethyl adjacent to an activating group) is 1. The first kappa shape index (κ1) is 17.9. The zero-order valence-electron chi connectivity index (χ0n) is 15.2. The van der Waals surface area contributed by atoms with Crippen LogP contribution in [0.5, 0.6) is 0 Å². The van der Waals surface area contributed by atoms with Crippen LogP contribution >= 0.6 is 0 Å². The van der Waals surface area contributed by atoms with Gasteiger partial charge in [0.15, 0.2) is 0 Å². The standard InChI is InChI=1S/C20H28N4O/c1-16(19-5-3-4-18(12-19)15-25)22-14-17-6-7-21-20(13-17)24-10-8-23(2)9-11-24/h3-7,12-13,16,22,25H,8-11,14-15H2,1-2H3. The van der Waals surface area contributed by atoms with Crippen molar-refractivity contribution in [3.05, 3.63) is 59.3 Å². The molecule has 1 unspecified atom stereocenters. The van der Waals surface area contributed by atoms with E-state index in [4.69, 9.17) is 0 Å². The summed E-state index contributed by atoms with van der Waals surface area (Å²) in [5, 5.41) is 12.9. The molecule has 0 bridgehead atoms. The molecule has 0 aliphatic carbocycles. The van der Waals surface area contributed by atoms with Gasteiger partial charge < -0.3 is 20.2 Å². The first-order valence-corrected chi connectivity index (χ1v) is 8.97. The molecule has 1 atom stereocenters. The van der Waals surface area contributed by atoms with Crippen LogP contribution in [0.2, 0.25) is 0 Å². The first-order chi connectivity index (χ1) is 12.2. The number of benzene rings is 1. The predicted molar refractivity (Wildman–Crippen MR) is 102 cm³/mol. The molecule has 25 heavy (non-hydrogen) atoms. The fourth-order valence-corrected chi connectivity index (χ4v) is 3.13. The SMILES string of the molecule is CC(NCc1ccnc(N2CCN(C)CC2)c1)c1cccc(CO)c1. The molecule has 3 rings (SSSR count). The molecular weight excluding hydrogens is 312 g/mol. The fourth-order valence-electron chi connectivity index (χ4n) is 3.13. The Bertz CT molecular complexity index is 683. The Kier molecular flexibility index (Phi) is 6.02. The van der Waals surface area contributed by atoms with E-state index in [1.165, 1.54) is 11.1 Å². The van der Waals surface area contributed by atoms with Crippen molar-refractivity contribution in [3.8, 4) is 0 Å². The number of pyridine rings is 1. The summed E-state index contributed by atoms with van der Waals surface area (Å²) in [6.45, 7) is 7.27. The largest absolute Gasteiger partial charge is 0.392 e. The van der Waals surface area contributed by atoms with Crippen molar-refractivity contribution in [3.63, 3.8) is 0 Å². The van der Waals surface area contributed by atoms with Crippen LogP contribution in [-0.4, -0.2) is 48.2 Å². The van der Waals surface area contributed by atoms with Gasteiger partial charge in [0.1, 0.15) is 5.82 Å². The normalized spacial score (nSPS) is 16.8. The molecule has 1 aromatic heterocycles. The number of piperazine rings is 1. The van der Waals surface area contributed by atoms with Crippen molar-refractivity contribution in [2.45, 2.75) is 26.1 Å². The lowest BCUT2D eigenvalue weighted by Gasteiger charge is -2.33. The van der Waals surface area contributed by atoms with E-state index < -0.39 is 0 Å². The van der Waals surface area contributed by atoms with Crippen molar-refractivity contribution < 1.29 is 5.11 Å². The van der Waals surface area contributed by atoms with Crippen molar-refractivity contribution in [1.29, 1.82) is 0 Å². The average molecular weight is 340 g/mol. The number of aliphatic hydroxyl groups is 1. The Labute approximate surface area is 150 Å². The Morgan fingerprint density at radius 2 is 1.92 bits per heavy atom. The highest BCUT2D eigenvalue weighted by Crippen LogP contribution is 2.17. The third-order valence-electron chi connectivity index (χ3n) is 4.88. The van der Waals surface area contributed by atoms with Gasteiger partial charge in [-0.15, -0.1) is 0 Å². The molecule has 5 heteroatoms. The van der Waals surface area contributed by atoms with Crippen LogP contribution in [0.1, 0.15) is 29.7 Å². The summed E-state index contributed by atoms with van der Waals surface area (Å²) < 4.78 is 0. The van der Waals surface area contributed by atoms with Gasteiger partial charge in [-0.3, -0.25) is 0 Å². The summed E-state index contributed by atoms with van der Waals surface area (Å²) in [7, 11) is 2.16. The van der Waals surface area contributed by atoms with Gasteiger partial charge in [-0.1, -0.05) is 24.3 Å². The maximum Gasteiger partial charge on any atom is 0.128 e. The number of hydrogen-bond acceptors (Lipinski definition) is 5. The van der Waals surface area contributed by atoms with E-state index >= 15 is 0 Å². The second-order valence-electron chi connectivity index (χ2n) is 6.82. The van der Waals surface area contributed by atoms with Crippen molar-refractivity contribution in [2.75, 3.05) is 38.1 Å². The minimum atomic E-state index is 0.0826. The van der Waals surface area contributed by atoms with Crippen LogP contribution in [0, 0.1) is 0 Å². The van der Waals surface area contributed by atoms with Gasteiger partial charge in [-0.25, -0.2) is 4.98 Å². The highest BCUT2D eigenvalue weighted by Gasteiger charge is 2.15. The monoisotopic (exact) mass is 340 g/mol. The second-order valence-corrected chi connectivity index (χ2v) is 6.82. The Balaban J connectivity index is 1.60. The van der Waals surface area contributed by atoms with Gasteiger partial charge in [0.2, 0.25) is 0 Å². The molecule has 1 fully saturated rings. The highest BCUT2D eigenvalue weighted by molar-refractivity contribution is 5.41. The van der Waals surface area contributed by atoms with E-state index in [-0.39, 0.29) is 12.6 Å². The molecular formula is C20H28N4O.